The molecule has 0 radical (unpaired) electrons. The third-order valence-electron chi connectivity index (χ3n) is 3.17. The molecule has 0 atom stereocenters. The fourth-order valence-corrected chi connectivity index (χ4v) is 2.21. The Kier molecular flexibility index (Phi) is 3.22. The van der Waals surface area contributed by atoms with Gasteiger partial charge in [0.25, 0.3) is 5.69 Å². The maximum absolute atomic E-state index is 11.3. The van der Waals surface area contributed by atoms with E-state index in [0.29, 0.717) is 30.0 Å². The van der Waals surface area contributed by atoms with Crippen LogP contribution in [0.3, 0.4) is 0 Å². The lowest BCUT2D eigenvalue weighted by Gasteiger charge is -2.09. The zero-order chi connectivity index (χ0) is 14.8. The van der Waals surface area contributed by atoms with Crippen molar-refractivity contribution in [3.05, 3.63) is 40.2 Å². The predicted octanol–water partition coefficient (Wildman–Crippen LogP) is 0.793. The maximum atomic E-state index is 11.3. The van der Waals surface area contributed by atoms with E-state index in [2.05, 4.69) is 20.9 Å². The minimum absolute atomic E-state index is 0.0381. The second-order valence-electron chi connectivity index (χ2n) is 4.60. The number of anilines is 2. The summed E-state index contributed by atoms with van der Waals surface area (Å²) in [6.45, 7) is 0.984. The van der Waals surface area contributed by atoms with Crippen molar-refractivity contribution in [2.45, 2.75) is 13.0 Å². The van der Waals surface area contributed by atoms with E-state index in [9.17, 15) is 14.9 Å². The molecule has 21 heavy (non-hydrogen) atoms. The van der Waals surface area contributed by atoms with Crippen LogP contribution >= 0.6 is 0 Å². The number of nitro groups is 1. The number of hydrogen-bond donors (Lipinski definition) is 2. The molecule has 2 heterocycles. The number of aromatic nitrogens is 3. The second kappa shape index (κ2) is 5.19. The van der Waals surface area contributed by atoms with Gasteiger partial charge in [0.1, 0.15) is 5.69 Å². The predicted molar refractivity (Wildman–Crippen MR) is 73.9 cm³/mol. The number of nitrogens with zero attached hydrogens (tertiary/aromatic N) is 4. The Labute approximate surface area is 119 Å². The molecule has 3 rings (SSSR count). The van der Waals surface area contributed by atoms with Crippen molar-refractivity contribution in [1.82, 2.24) is 15.0 Å². The van der Waals surface area contributed by atoms with Crippen molar-refractivity contribution in [3.63, 3.8) is 0 Å². The second-order valence-corrected chi connectivity index (χ2v) is 4.60. The normalized spacial score (nSPS) is 12.9. The van der Waals surface area contributed by atoms with Crippen molar-refractivity contribution in [1.29, 1.82) is 0 Å². The Morgan fingerprint density at radius 3 is 3.05 bits per heavy atom. The van der Waals surface area contributed by atoms with Gasteiger partial charge in [0.2, 0.25) is 5.91 Å². The van der Waals surface area contributed by atoms with Crippen molar-refractivity contribution in [2.24, 2.45) is 0 Å². The van der Waals surface area contributed by atoms with Gasteiger partial charge in [-0.05, 0) is 11.6 Å². The lowest BCUT2D eigenvalue weighted by Crippen LogP contribution is -2.12. The highest BCUT2D eigenvalue weighted by atomic mass is 16.6. The third kappa shape index (κ3) is 2.66. The first-order valence-electron chi connectivity index (χ1n) is 6.32. The van der Waals surface area contributed by atoms with E-state index in [4.69, 9.17) is 0 Å². The van der Waals surface area contributed by atoms with Crippen molar-refractivity contribution in [3.8, 4) is 0 Å². The Bertz CT molecular complexity index is 697. The summed E-state index contributed by atoms with van der Waals surface area (Å²) in [6.07, 6.45) is 3.45. The smallest absolute Gasteiger partial charge is 0.292 e. The molecule has 0 unspecified atom stereocenters. The van der Waals surface area contributed by atoms with Crippen LogP contribution < -0.4 is 10.6 Å². The van der Waals surface area contributed by atoms with Crippen LogP contribution in [0.5, 0.6) is 0 Å². The van der Waals surface area contributed by atoms with Gasteiger partial charge in [0.15, 0.2) is 0 Å². The summed E-state index contributed by atoms with van der Waals surface area (Å²) in [5.41, 5.74) is 1.60. The zero-order valence-corrected chi connectivity index (χ0v) is 10.9. The van der Waals surface area contributed by atoms with Crippen LogP contribution in [0.1, 0.15) is 5.56 Å². The van der Waals surface area contributed by atoms with E-state index in [-0.39, 0.29) is 18.0 Å². The SMILES string of the molecule is O=C1Cc2cc([N+](=O)[O-])c(NCCn3ccnn3)cc2N1. The molecule has 1 amide bonds. The van der Waals surface area contributed by atoms with Gasteiger partial charge in [-0.3, -0.25) is 19.6 Å². The molecule has 0 bridgehead atoms. The average Bonchev–Trinajstić information content (AvgIpc) is 3.05. The number of benzene rings is 1. The zero-order valence-electron chi connectivity index (χ0n) is 10.9. The lowest BCUT2D eigenvalue weighted by molar-refractivity contribution is -0.384. The first kappa shape index (κ1) is 13.0. The van der Waals surface area contributed by atoms with Gasteiger partial charge in [0.05, 0.1) is 24.1 Å². The average molecular weight is 288 g/mol. The Balaban J connectivity index is 1.78. The van der Waals surface area contributed by atoms with E-state index in [1.807, 2.05) is 0 Å². The Morgan fingerprint density at radius 1 is 1.48 bits per heavy atom. The maximum Gasteiger partial charge on any atom is 0.292 e. The molecule has 2 aromatic rings. The minimum atomic E-state index is -0.457. The summed E-state index contributed by atoms with van der Waals surface area (Å²) in [7, 11) is 0. The number of amides is 1. The Morgan fingerprint density at radius 2 is 2.33 bits per heavy atom. The van der Waals surface area contributed by atoms with Crippen LogP contribution in [0.4, 0.5) is 17.1 Å². The molecule has 0 fully saturated rings. The van der Waals surface area contributed by atoms with Crippen LogP contribution in [-0.2, 0) is 17.8 Å². The molecule has 1 aliphatic heterocycles. The molecule has 1 aliphatic rings. The van der Waals surface area contributed by atoms with Gasteiger partial charge in [0, 0.05) is 24.5 Å². The number of nitro benzene ring substituents is 1. The summed E-state index contributed by atoms with van der Waals surface area (Å²) in [6, 6.07) is 3.03. The molecular weight excluding hydrogens is 276 g/mol. The fourth-order valence-electron chi connectivity index (χ4n) is 2.21. The first-order valence-corrected chi connectivity index (χ1v) is 6.32. The molecule has 1 aromatic carbocycles. The molecule has 108 valence electrons. The van der Waals surface area contributed by atoms with Gasteiger partial charge in [-0.15, -0.1) is 5.10 Å². The highest BCUT2D eigenvalue weighted by molar-refractivity contribution is 6.00. The van der Waals surface area contributed by atoms with Crippen LogP contribution in [0.2, 0.25) is 0 Å². The van der Waals surface area contributed by atoms with E-state index in [1.54, 1.807) is 23.1 Å². The minimum Gasteiger partial charge on any atom is -0.378 e. The van der Waals surface area contributed by atoms with Gasteiger partial charge >= 0.3 is 0 Å². The van der Waals surface area contributed by atoms with E-state index >= 15 is 0 Å². The van der Waals surface area contributed by atoms with E-state index in [0.717, 1.165) is 0 Å². The van der Waals surface area contributed by atoms with Gasteiger partial charge in [-0.2, -0.15) is 0 Å². The molecular formula is C12H12N6O3. The lowest BCUT2D eigenvalue weighted by atomic mass is 10.1. The van der Waals surface area contributed by atoms with Crippen LogP contribution in [0, 0.1) is 10.1 Å². The third-order valence-corrected chi connectivity index (χ3v) is 3.17. The molecule has 0 aliphatic carbocycles. The summed E-state index contributed by atoms with van der Waals surface area (Å²) in [5, 5.41) is 24.3. The molecule has 9 heteroatoms. The molecule has 0 saturated carbocycles. The number of nitrogens with one attached hydrogen (secondary N) is 2. The van der Waals surface area contributed by atoms with Gasteiger partial charge in [-0.1, -0.05) is 5.21 Å². The van der Waals surface area contributed by atoms with Crippen LogP contribution in [0.25, 0.3) is 0 Å². The van der Waals surface area contributed by atoms with Gasteiger partial charge < -0.3 is 10.6 Å². The van der Waals surface area contributed by atoms with Crippen LogP contribution in [0.15, 0.2) is 24.5 Å². The molecule has 9 nitrogen and oxygen atoms in total. The van der Waals surface area contributed by atoms with Crippen molar-refractivity contribution >= 4 is 23.0 Å². The molecule has 0 saturated heterocycles. The highest BCUT2D eigenvalue weighted by Gasteiger charge is 2.24. The quantitative estimate of drug-likeness (QED) is 0.621. The molecule has 1 aromatic heterocycles. The molecule has 0 spiro atoms. The van der Waals surface area contributed by atoms with E-state index in [1.165, 1.54) is 6.07 Å². The number of hydrogen-bond acceptors (Lipinski definition) is 6. The summed E-state index contributed by atoms with van der Waals surface area (Å²) in [4.78, 5) is 22.0. The standard InChI is InChI=1S/C12H12N6O3/c19-12-6-8-5-11(18(20)21)10(7-9(8)15-12)13-1-3-17-4-2-14-16-17/h2,4-5,7,13H,1,3,6H2,(H,15,19). The van der Waals surface area contributed by atoms with E-state index < -0.39 is 4.92 Å². The largest absolute Gasteiger partial charge is 0.378 e. The van der Waals surface area contributed by atoms with Crippen molar-refractivity contribution < 1.29 is 9.72 Å². The fraction of sp³-hybridized carbons (Fsp3) is 0.250. The van der Waals surface area contributed by atoms with Crippen LogP contribution in [-0.4, -0.2) is 32.4 Å². The number of fused-ring (bicyclic) bond motifs is 1. The first-order chi connectivity index (χ1) is 10.1. The summed E-state index contributed by atoms with van der Waals surface area (Å²) in [5.74, 6) is -0.154. The molecule has 2 N–H and O–H groups in total. The highest BCUT2D eigenvalue weighted by Crippen LogP contribution is 2.34. The topological polar surface area (TPSA) is 115 Å². The monoisotopic (exact) mass is 288 g/mol. The number of carbonyl (C=O) groups excluding carboxylic acids is 1. The summed E-state index contributed by atoms with van der Waals surface area (Å²) >= 11 is 0. The van der Waals surface area contributed by atoms with Gasteiger partial charge in [-0.25, -0.2) is 0 Å². The Hall–Kier alpha value is -2.97. The number of carbonyl (C=O) groups is 1. The number of rotatable bonds is 5. The summed E-state index contributed by atoms with van der Waals surface area (Å²) < 4.78 is 1.62. The van der Waals surface area contributed by atoms with Crippen molar-refractivity contribution in [2.75, 3.05) is 17.2 Å².